The van der Waals surface area contributed by atoms with Crippen LogP contribution in [0.15, 0.2) is 42.6 Å². The summed E-state index contributed by atoms with van der Waals surface area (Å²) in [4.78, 5) is 0. The van der Waals surface area contributed by atoms with Gasteiger partial charge in [-0.1, -0.05) is 207 Å². The fourth-order valence-electron chi connectivity index (χ4n) is 8.04. The highest BCUT2D eigenvalue weighted by Gasteiger charge is 2.23. The Hall–Kier alpha value is -1.31. The van der Waals surface area contributed by atoms with E-state index in [2.05, 4.69) is 81.8 Å². The minimum atomic E-state index is -0.104. The van der Waals surface area contributed by atoms with E-state index in [1.807, 2.05) is 0 Å². The fraction of sp³-hybridized carbons (Fsp3) is 0.800. The molecular formula is C45H84BN. The summed E-state index contributed by atoms with van der Waals surface area (Å²) in [6.45, 7) is 12.7. The van der Waals surface area contributed by atoms with Crippen molar-refractivity contribution in [3.63, 3.8) is 0 Å². The van der Waals surface area contributed by atoms with E-state index >= 15 is 0 Å². The molecule has 2 rings (SSSR count). The number of aromatic nitrogens is 1. The fourth-order valence-corrected chi connectivity index (χ4v) is 8.04. The van der Waals surface area contributed by atoms with Crippen molar-refractivity contribution in [3.8, 4) is 0 Å². The zero-order chi connectivity index (χ0) is 34.1. The van der Waals surface area contributed by atoms with Gasteiger partial charge in [-0.25, -0.2) is 0 Å². The zero-order valence-electron chi connectivity index (χ0n) is 33.0. The number of nitrogens with zero attached hydrogens (tertiary/aromatic N) is 1. The van der Waals surface area contributed by atoms with Gasteiger partial charge in [0.25, 0.3) is 0 Å². The van der Waals surface area contributed by atoms with Crippen molar-refractivity contribution in [2.45, 2.75) is 233 Å². The molecule has 0 aliphatic carbocycles. The number of aryl methyl sites for hydroxylation is 1. The van der Waals surface area contributed by atoms with Gasteiger partial charge < -0.3 is 0 Å². The molecule has 0 amide bonds. The largest absolute Gasteiger partial charge is 0.212 e. The molecule has 1 aromatic carbocycles. The molecule has 2 aromatic rings. The lowest BCUT2D eigenvalue weighted by Crippen LogP contribution is -2.34. The monoisotopic (exact) mass is 650 g/mol. The molecule has 0 saturated carbocycles. The summed E-state index contributed by atoms with van der Waals surface area (Å²) in [6, 6.07) is 12.8. The lowest BCUT2D eigenvalue weighted by Gasteiger charge is -2.41. The van der Waals surface area contributed by atoms with Gasteiger partial charge in [-0.2, -0.15) is 29.8 Å². The summed E-state index contributed by atoms with van der Waals surface area (Å²) >= 11 is 0. The van der Waals surface area contributed by atoms with E-state index in [4.69, 9.17) is 0 Å². The number of hydrogen-bond donors (Lipinski definition) is 0. The highest BCUT2D eigenvalue weighted by Crippen LogP contribution is 2.35. The number of pyridine rings is 1. The van der Waals surface area contributed by atoms with Crippen LogP contribution in [0, 0.1) is 0 Å². The van der Waals surface area contributed by atoms with Gasteiger partial charge in [0.1, 0.15) is 6.54 Å². The lowest BCUT2D eigenvalue weighted by atomic mass is 9.17. The van der Waals surface area contributed by atoms with Gasteiger partial charge in [0.15, 0.2) is 6.20 Å². The van der Waals surface area contributed by atoms with Crippen molar-refractivity contribution < 1.29 is 4.57 Å². The molecule has 0 unspecified atom stereocenters. The molecule has 0 saturated heterocycles. The van der Waals surface area contributed by atoms with E-state index in [9.17, 15) is 0 Å². The minimum Gasteiger partial charge on any atom is -0.198 e. The highest BCUT2D eigenvalue weighted by atomic mass is 14.9. The van der Waals surface area contributed by atoms with Crippen LogP contribution in [0.5, 0.6) is 0 Å². The van der Waals surface area contributed by atoms with Crippen LogP contribution in [0.2, 0.25) is 25.3 Å². The quantitative estimate of drug-likeness (QED) is 0.0435. The molecule has 0 fully saturated rings. The molecule has 1 nitrogen and oxygen atoms in total. The van der Waals surface area contributed by atoms with Crippen LogP contribution < -0.4 is 4.57 Å². The summed E-state index contributed by atoms with van der Waals surface area (Å²) in [5.74, 6) is 0. The minimum absolute atomic E-state index is 0.104. The summed E-state index contributed by atoms with van der Waals surface area (Å²) in [5.41, 5.74) is 1.34. The van der Waals surface area contributed by atoms with E-state index in [1.54, 1.807) is 25.3 Å². The maximum Gasteiger partial charge on any atom is 0.212 e. The average molecular weight is 650 g/mol. The number of para-hydroxylation sites is 1. The molecule has 272 valence electrons. The SMILES string of the molecule is CCCCCCCC[B-](CCCCCCCC)(CCCCCCCC)CCCCCCCC.CCCC[n+]1cccc2ccccc21. The van der Waals surface area contributed by atoms with Gasteiger partial charge in [-0.05, 0) is 12.1 Å². The van der Waals surface area contributed by atoms with Gasteiger partial charge in [0.2, 0.25) is 5.52 Å². The van der Waals surface area contributed by atoms with Gasteiger partial charge >= 0.3 is 0 Å². The normalized spacial score (nSPS) is 11.6. The molecule has 0 aliphatic rings. The summed E-state index contributed by atoms with van der Waals surface area (Å²) in [5, 5.41) is 1.33. The Labute approximate surface area is 296 Å². The molecular weight excluding hydrogens is 565 g/mol. The first-order valence-corrected chi connectivity index (χ1v) is 21.7. The van der Waals surface area contributed by atoms with E-state index in [-0.39, 0.29) is 6.15 Å². The number of unbranched alkanes of at least 4 members (excludes halogenated alkanes) is 21. The molecule has 0 atom stereocenters. The predicted octanol–water partition coefficient (Wildman–Crippen LogP) is 15.8. The molecule has 0 radical (unpaired) electrons. The number of rotatable bonds is 31. The van der Waals surface area contributed by atoms with Gasteiger partial charge in [-0.15, -0.1) is 0 Å². The van der Waals surface area contributed by atoms with Crippen LogP contribution in [0.1, 0.15) is 202 Å². The van der Waals surface area contributed by atoms with Crippen molar-refractivity contribution in [1.82, 2.24) is 0 Å². The number of benzene rings is 1. The third kappa shape index (κ3) is 22.9. The molecule has 1 aromatic heterocycles. The lowest BCUT2D eigenvalue weighted by molar-refractivity contribution is -0.671. The van der Waals surface area contributed by atoms with E-state index in [0.29, 0.717) is 0 Å². The predicted molar refractivity (Wildman–Crippen MR) is 218 cm³/mol. The molecule has 2 heteroatoms. The number of fused-ring (bicyclic) bond motifs is 1. The van der Waals surface area contributed by atoms with Crippen LogP contribution >= 0.6 is 0 Å². The molecule has 0 spiro atoms. The van der Waals surface area contributed by atoms with E-state index in [1.165, 1.54) is 178 Å². The molecule has 0 bridgehead atoms. The van der Waals surface area contributed by atoms with Crippen LogP contribution in [0.3, 0.4) is 0 Å². The third-order valence-corrected chi connectivity index (χ3v) is 11.2. The van der Waals surface area contributed by atoms with Crippen LogP contribution in [0.25, 0.3) is 10.9 Å². The smallest absolute Gasteiger partial charge is 0.198 e. The Bertz CT molecular complexity index is 848. The Kier molecular flexibility index (Phi) is 29.7. The second kappa shape index (κ2) is 31.9. The van der Waals surface area contributed by atoms with Crippen LogP contribution in [-0.4, -0.2) is 6.15 Å². The summed E-state index contributed by atoms with van der Waals surface area (Å²) < 4.78 is 2.33. The molecule has 0 aliphatic heterocycles. The zero-order valence-corrected chi connectivity index (χ0v) is 33.0. The Balaban J connectivity index is 0.000000644. The first-order valence-electron chi connectivity index (χ1n) is 21.7. The number of hydrogen-bond acceptors (Lipinski definition) is 0. The Morgan fingerprint density at radius 3 is 1.13 bits per heavy atom. The Morgan fingerprint density at radius 1 is 0.383 bits per heavy atom. The molecule has 1 heterocycles. The Morgan fingerprint density at radius 2 is 0.723 bits per heavy atom. The molecule has 0 N–H and O–H groups in total. The summed E-state index contributed by atoms with van der Waals surface area (Å²) in [6.07, 6.45) is 46.3. The second-order valence-corrected chi connectivity index (χ2v) is 15.6. The van der Waals surface area contributed by atoms with Crippen molar-refractivity contribution in [2.75, 3.05) is 0 Å². The first kappa shape index (κ1) is 43.7. The van der Waals surface area contributed by atoms with Crippen molar-refractivity contribution in [3.05, 3.63) is 42.6 Å². The maximum absolute atomic E-state index is 2.34. The van der Waals surface area contributed by atoms with E-state index < -0.39 is 0 Å². The topological polar surface area (TPSA) is 3.88 Å². The van der Waals surface area contributed by atoms with Crippen molar-refractivity contribution in [1.29, 1.82) is 0 Å². The first-order chi connectivity index (χ1) is 23.2. The average Bonchev–Trinajstić information content (AvgIpc) is 3.10. The van der Waals surface area contributed by atoms with Gasteiger partial charge in [0, 0.05) is 30.1 Å². The second-order valence-electron chi connectivity index (χ2n) is 15.6. The summed E-state index contributed by atoms with van der Waals surface area (Å²) in [7, 11) is 0. The van der Waals surface area contributed by atoms with E-state index in [0.717, 1.165) is 6.54 Å². The standard InChI is InChI=1S/C32H68B.C13H16N/c1-5-9-13-17-21-25-29-33(30-26-22-18-14-10-6-2,31-27-23-19-15-11-7-3)32-28-24-20-16-12-8-4;1-2-3-10-14-11-6-8-12-7-4-5-9-13(12)14/h5-32H2,1-4H3;4-9,11H,2-3,10H2,1H3/q-1;+1. The van der Waals surface area contributed by atoms with Crippen LogP contribution in [0.4, 0.5) is 0 Å². The van der Waals surface area contributed by atoms with Crippen molar-refractivity contribution in [2.24, 2.45) is 0 Å². The third-order valence-electron chi connectivity index (χ3n) is 11.2. The van der Waals surface area contributed by atoms with Gasteiger partial charge in [0.05, 0.1) is 0 Å². The van der Waals surface area contributed by atoms with Crippen molar-refractivity contribution >= 4 is 17.0 Å². The molecule has 47 heavy (non-hydrogen) atoms. The highest BCUT2D eigenvalue weighted by molar-refractivity contribution is 6.79. The maximum atomic E-state index is 2.34. The van der Waals surface area contributed by atoms with Crippen LogP contribution in [-0.2, 0) is 6.54 Å². The van der Waals surface area contributed by atoms with Gasteiger partial charge in [-0.3, -0.25) is 0 Å².